The highest BCUT2D eigenvalue weighted by Gasteiger charge is 2.26. The predicted molar refractivity (Wildman–Crippen MR) is 91.6 cm³/mol. The molecule has 1 aromatic carbocycles. The van der Waals surface area contributed by atoms with Gasteiger partial charge in [0, 0.05) is 6.20 Å². The molecule has 1 heterocycles. The van der Waals surface area contributed by atoms with Crippen molar-refractivity contribution < 1.29 is 0 Å². The summed E-state index contributed by atoms with van der Waals surface area (Å²) in [5.41, 5.74) is 8.27. The van der Waals surface area contributed by atoms with Crippen molar-refractivity contribution in [3.63, 3.8) is 0 Å². The molecular weight excluding hydrogens is 274 g/mol. The van der Waals surface area contributed by atoms with Gasteiger partial charge in [-0.05, 0) is 28.0 Å². The van der Waals surface area contributed by atoms with Gasteiger partial charge in [0.25, 0.3) is 0 Å². The largest absolute Gasteiger partial charge is 0.383 e. The smallest absolute Gasteiger partial charge is 0.354 e. The van der Waals surface area contributed by atoms with Crippen LogP contribution in [0.4, 0.5) is 5.82 Å². The number of aromatic nitrogens is 2. The Labute approximate surface area is 132 Å². The molecule has 0 bridgehead atoms. The van der Waals surface area contributed by atoms with Gasteiger partial charge in [0.2, 0.25) is 0 Å². The summed E-state index contributed by atoms with van der Waals surface area (Å²) in [4.78, 5) is 16.3. The summed E-state index contributed by atoms with van der Waals surface area (Å²) in [6.45, 7) is 12.9. The lowest BCUT2D eigenvalue weighted by molar-refractivity contribution is 0.559. The maximum Gasteiger partial charge on any atom is 0.354 e. The molecule has 0 aliphatic heterocycles. The molecule has 4 heteroatoms. The van der Waals surface area contributed by atoms with Crippen molar-refractivity contribution in [2.75, 3.05) is 5.73 Å². The molecule has 0 radical (unpaired) electrons. The van der Waals surface area contributed by atoms with Crippen molar-refractivity contribution in [1.29, 1.82) is 0 Å². The molecule has 0 fully saturated rings. The Kier molecular flexibility index (Phi) is 3.90. The van der Waals surface area contributed by atoms with Gasteiger partial charge in [0.1, 0.15) is 5.82 Å². The monoisotopic (exact) mass is 299 g/mol. The van der Waals surface area contributed by atoms with Crippen molar-refractivity contribution in [3.05, 3.63) is 52.1 Å². The molecule has 0 atom stereocenters. The standard InChI is InChI=1S/C18H25N3O/c1-17(2,3)12-8-7-9-13(18(4,5)6)15(12)21-11-10-14(19)20-16(21)22/h7-11H,1-6H3,(H2,19,20,22). The lowest BCUT2D eigenvalue weighted by atomic mass is 9.78. The third kappa shape index (κ3) is 3.06. The van der Waals surface area contributed by atoms with Crippen LogP contribution in [0.2, 0.25) is 0 Å². The van der Waals surface area contributed by atoms with Crippen LogP contribution in [0.1, 0.15) is 52.7 Å². The Balaban J connectivity index is 2.90. The van der Waals surface area contributed by atoms with E-state index in [1.807, 2.05) is 0 Å². The van der Waals surface area contributed by atoms with E-state index in [4.69, 9.17) is 5.73 Å². The van der Waals surface area contributed by atoms with Crippen molar-refractivity contribution in [2.24, 2.45) is 0 Å². The molecule has 0 aliphatic carbocycles. The van der Waals surface area contributed by atoms with E-state index in [0.717, 1.165) is 16.8 Å². The molecule has 22 heavy (non-hydrogen) atoms. The number of nitrogens with zero attached hydrogens (tertiary/aromatic N) is 2. The van der Waals surface area contributed by atoms with Crippen LogP contribution in [-0.2, 0) is 10.8 Å². The van der Waals surface area contributed by atoms with Crippen molar-refractivity contribution in [2.45, 2.75) is 52.4 Å². The first kappa shape index (κ1) is 16.3. The average Bonchev–Trinajstić information content (AvgIpc) is 2.36. The highest BCUT2D eigenvalue weighted by atomic mass is 16.1. The van der Waals surface area contributed by atoms with E-state index in [9.17, 15) is 4.79 Å². The Hall–Kier alpha value is -2.10. The summed E-state index contributed by atoms with van der Waals surface area (Å²) in [6.07, 6.45) is 1.71. The molecule has 0 saturated heterocycles. The summed E-state index contributed by atoms with van der Waals surface area (Å²) in [7, 11) is 0. The molecule has 0 saturated carbocycles. The SMILES string of the molecule is CC(C)(C)c1cccc(C(C)(C)C)c1-n1ccc(N)nc1=O. The molecule has 4 nitrogen and oxygen atoms in total. The van der Waals surface area contributed by atoms with E-state index in [-0.39, 0.29) is 22.3 Å². The first-order chi connectivity index (χ1) is 10.0. The number of rotatable bonds is 1. The van der Waals surface area contributed by atoms with Crippen LogP contribution in [0, 0.1) is 0 Å². The quantitative estimate of drug-likeness (QED) is 0.877. The summed E-state index contributed by atoms with van der Waals surface area (Å²) < 4.78 is 1.61. The number of para-hydroxylation sites is 1. The van der Waals surface area contributed by atoms with E-state index < -0.39 is 0 Å². The van der Waals surface area contributed by atoms with E-state index in [2.05, 4.69) is 64.7 Å². The lowest BCUT2D eigenvalue weighted by Gasteiger charge is -2.30. The van der Waals surface area contributed by atoms with Gasteiger partial charge in [0.15, 0.2) is 0 Å². The third-order valence-corrected chi connectivity index (χ3v) is 3.72. The van der Waals surface area contributed by atoms with Gasteiger partial charge in [-0.3, -0.25) is 4.57 Å². The van der Waals surface area contributed by atoms with Crippen LogP contribution in [0.3, 0.4) is 0 Å². The Morgan fingerprint density at radius 2 is 1.45 bits per heavy atom. The molecule has 2 rings (SSSR count). The zero-order valence-corrected chi connectivity index (χ0v) is 14.3. The number of anilines is 1. The van der Waals surface area contributed by atoms with E-state index in [1.165, 1.54) is 0 Å². The topological polar surface area (TPSA) is 60.9 Å². The van der Waals surface area contributed by atoms with Gasteiger partial charge in [-0.2, -0.15) is 4.98 Å². The molecule has 0 aliphatic rings. The lowest BCUT2D eigenvalue weighted by Crippen LogP contribution is -2.28. The van der Waals surface area contributed by atoms with Crippen molar-refractivity contribution >= 4 is 5.82 Å². The zero-order chi connectivity index (χ0) is 16.7. The second-order valence-electron chi connectivity index (χ2n) is 7.71. The maximum atomic E-state index is 12.4. The van der Waals surface area contributed by atoms with Crippen LogP contribution < -0.4 is 11.4 Å². The first-order valence-electron chi connectivity index (χ1n) is 7.51. The minimum absolute atomic E-state index is 0.0859. The molecule has 2 aromatic rings. The molecule has 0 unspecified atom stereocenters. The number of hydrogen-bond donors (Lipinski definition) is 1. The van der Waals surface area contributed by atoms with E-state index in [1.54, 1.807) is 16.8 Å². The van der Waals surface area contributed by atoms with E-state index in [0.29, 0.717) is 0 Å². The van der Waals surface area contributed by atoms with Gasteiger partial charge in [-0.15, -0.1) is 0 Å². The zero-order valence-electron chi connectivity index (χ0n) is 14.3. The fourth-order valence-electron chi connectivity index (χ4n) is 2.60. The normalized spacial score (nSPS) is 12.5. The number of hydrogen-bond acceptors (Lipinski definition) is 3. The van der Waals surface area contributed by atoms with Crippen molar-refractivity contribution in [1.82, 2.24) is 9.55 Å². The Morgan fingerprint density at radius 1 is 0.955 bits per heavy atom. The number of nitrogens with two attached hydrogens (primary N) is 1. The average molecular weight is 299 g/mol. The molecule has 2 N–H and O–H groups in total. The maximum absolute atomic E-state index is 12.4. The van der Waals surface area contributed by atoms with Gasteiger partial charge >= 0.3 is 5.69 Å². The predicted octanol–water partition coefficient (Wildman–Crippen LogP) is 3.41. The highest BCUT2D eigenvalue weighted by molar-refractivity contribution is 5.54. The molecule has 1 aromatic heterocycles. The second kappa shape index (κ2) is 5.27. The third-order valence-electron chi connectivity index (χ3n) is 3.72. The van der Waals surface area contributed by atoms with Crippen LogP contribution in [-0.4, -0.2) is 9.55 Å². The van der Waals surface area contributed by atoms with Crippen LogP contribution in [0.15, 0.2) is 35.3 Å². The van der Waals surface area contributed by atoms with Crippen LogP contribution in [0.25, 0.3) is 5.69 Å². The van der Waals surface area contributed by atoms with Crippen LogP contribution >= 0.6 is 0 Å². The molecular formula is C18H25N3O. The number of benzene rings is 1. The summed E-state index contributed by atoms with van der Waals surface area (Å²) in [5.74, 6) is 0.242. The number of nitrogen functional groups attached to an aromatic ring is 1. The summed E-state index contributed by atoms with van der Waals surface area (Å²) >= 11 is 0. The van der Waals surface area contributed by atoms with E-state index >= 15 is 0 Å². The van der Waals surface area contributed by atoms with Gasteiger partial charge in [0.05, 0.1) is 5.69 Å². The van der Waals surface area contributed by atoms with Gasteiger partial charge in [-0.1, -0.05) is 59.7 Å². The van der Waals surface area contributed by atoms with Gasteiger partial charge < -0.3 is 5.73 Å². The minimum atomic E-state index is -0.345. The highest BCUT2D eigenvalue weighted by Crippen LogP contribution is 2.35. The Morgan fingerprint density at radius 3 is 1.86 bits per heavy atom. The van der Waals surface area contributed by atoms with Gasteiger partial charge in [-0.25, -0.2) is 4.79 Å². The second-order valence-corrected chi connectivity index (χ2v) is 7.71. The van der Waals surface area contributed by atoms with Crippen LogP contribution in [0.5, 0.6) is 0 Å². The fourth-order valence-corrected chi connectivity index (χ4v) is 2.60. The fraction of sp³-hybridized carbons (Fsp3) is 0.444. The summed E-state index contributed by atoms with van der Waals surface area (Å²) in [6, 6.07) is 7.87. The Bertz CT molecular complexity index is 714. The minimum Gasteiger partial charge on any atom is -0.383 e. The molecule has 0 spiro atoms. The summed E-state index contributed by atoms with van der Waals surface area (Å²) in [5, 5.41) is 0. The molecule has 118 valence electrons. The molecule has 0 amide bonds. The van der Waals surface area contributed by atoms with Crippen molar-refractivity contribution in [3.8, 4) is 5.69 Å². The first-order valence-corrected chi connectivity index (χ1v) is 7.51.